The van der Waals surface area contributed by atoms with Gasteiger partial charge in [-0.3, -0.25) is 0 Å². The van der Waals surface area contributed by atoms with Crippen LogP contribution >= 0.6 is 0 Å². The van der Waals surface area contributed by atoms with E-state index in [9.17, 15) is 22.0 Å². The highest BCUT2D eigenvalue weighted by atomic mass is 32.2. The number of hydrogen-bond acceptors (Lipinski definition) is 6. The molecule has 1 aromatic rings. The van der Waals surface area contributed by atoms with Gasteiger partial charge in [0, 0.05) is 12.2 Å². The van der Waals surface area contributed by atoms with E-state index >= 15 is 0 Å². The zero-order chi connectivity index (χ0) is 16.2. The summed E-state index contributed by atoms with van der Waals surface area (Å²) < 4.78 is 54.6. The molecule has 1 unspecified atom stereocenters. The van der Waals surface area contributed by atoms with Gasteiger partial charge in [0.05, 0.1) is 17.6 Å². The lowest BCUT2D eigenvalue weighted by atomic mass is 10.2. The number of ether oxygens (including phenoxy) is 1. The topological polar surface area (TPSA) is 119 Å². The molecule has 1 aromatic carbocycles. The molecule has 0 saturated heterocycles. The van der Waals surface area contributed by atoms with Crippen molar-refractivity contribution in [1.29, 1.82) is 0 Å². The van der Waals surface area contributed by atoms with Gasteiger partial charge < -0.3 is 15.6 Å². The molecule has 0 spiro atoms. The van der Waals surface area contributed by atoms with Crippen molar-refractivity contribution < 1.29 is 31.8 Å². The van der Waals surface area contributed by atoms with Crippen molar-refractivity contribution in [2.45, 2.75) is 17.4 Å². The number of hydrogen-bond donors (Lipinski definition) is 3. The maximum Gasteiger partial charge on any atom is 0.339 e. The van der Waals surface area contributed by atoms with E-state index in [4.69, 9.17) is 10.8 Å². The Bertz CT molecular complexity index is 621. The van der Waals surface area contributed by atoms with Gasteiger partial charge in [0.15, 0.2) is 0 Å². The summed E-state index contributed by atoms with van der Waals surface area (Å²) in [6, 6.07) is 3.42. The predicted molar refractivity (Wildman–Crippen MR) is 69.4 cm³/mol. The van der Waals surface area contributed by atoms with Crippen LogP contribution in [0.4, 0.5) is 14.5 Å². The molecule has 21 heavy (non-hydrogen) atoms. The molecule has 0 bridgehead atoms. The van der Waals surface area contributed by atoms with Gasteiger partial charge in [-0.05, 0) is 18.2 Å². The fourth-order valence-electron chi connectivity index (χ4n) is 1.40. The summed E-state index contributed by atoms with van der Waals surface area (Å²) in [7, 11) is -3.26. The Labute approximate surface area is 119 Å². The average Bonchev–Trinajstić information content (AvgIpc) is 2.43. The van der Waals surface area contributed by atoms with Crippen LogP contribution in [-0.4, -0.2) is 45.7 Å². The first-order valence-electron chi connectivity index (χ1n) is 5.62. The normalized spacial score (nSPS) is 13.2. The monoisotopic (exact) mass is 324 g/mol. The molecule has 10 heteroatoms. The number of aliphatic hydroxyl groups excluding tert-OH is 1. The summed E-state index contributed by atoms with van der Waals surface area (Å²) in [5.41, 5.74) is 5.21. The Kier molecular flexibility index (Phi) is 5.58. The number of benzene rings is 1. The molecule has 0 aromatic heterocycles. The second kappa shape index (κ2) is 6.78. The van der Waals surface area contributed by atoms with Gasteiger partial charge in [-0.15, -0.1) is 0 Å². The van der Waals surface area contributed by atoms with Crippen LogP contribution in [0.5, 0.6) is 0 Å². The number of rotatable bonds is 6. The third-order valence-corrected chi connectivity index (χ3v) is 3.94. The third kappa shape index (κ3) is 4.34. The zero-order valence-corrected chi connectivity index (χ0v) is 11.7. The second-order valence-corrected chi connectivity index (χ2v) is 5.74. The van der Waals surface area contributed by atoms with Gasteiger partial charge in [-0.1, -0.05) is 0 Å². The van der Waals surface area contributed by atoms with Crippen molar-refractivity contribution in [1.82, 2.24) is 4.72 Å². The van der Waals surface area contributed by atoms with Crippen molar-refractivity contribution in [3.63, 3.8) is 0 Å². The number of alkyl halides is 2. The molecule has 0 aliphatic heterocycles. The van der Waals surface area contributed by atoms with Crippen LogP contribution in [0.2, 0.25) is 0 Å². The molecule has 0 saturated carbocycles. The molecule has 118 valence electrons. The highest BCUT2D eigenvalue weighted by molar-refractivity contribution is 7.89. The number of carbonyl (C=O) groups excluding carboxylic acids is 1. The number of aliphatic hydroxyl groups is 1. The minimum absolute atomic E-state index is 0.0532. The molecule has 0 heterocycles. The number of methoxy groups -OCH3 is 1. The molecule has 1 rings (SSSR count). The van der Waals surface area contributed by atoms with Crippen molar-refractivity contribution in [2.24, 2.45) is 0 Å². The smallest absolute Gasteiger partial charge is 0.339 e. The van der Waals surface area contributed by atoms with E-state index in [0.29, 0.717) is 0 Å². The van der Waals surface area contributed by atoms with Gasteiger partial charge in [0.1, 0.15) is 6.10 Å². The van der Waals surface area contributed by atoms with E-state index < -0.39 is 40.0 Å². The Morgan fingerprint density at radius 3 is 2.62 bits per heavy atom. The summed E-state index contributed by atoms with van der Waals surface area (Å²) in [5, 5.41) is 8.92. The fourth-order valence-corrected chi connectivity index (χ4v) is 2.68. The summed E-state index contributed by atoms with van der Waals surface area (Å²) in [6.45, 7) is -0.907. The molecule has 0 fully saturated rings. The standard InChI is InChI=1S/C11H14F2N2O5S/c1-20-11(17)7-3-2-6(14)4-9(7)21(18,19)15-5-8(16)10(12)13/h2-4,8,10,15-16H,5,14H2,1H3. The van der Waals surface area contributed by atoms with Crippen LogP contribution in [0.15, 0.2) is 23.1 Å². The number of esters is 1. The van der Waals surface area contributed by atoms with E-state index in [1.165, 1.54) is 6.07 Å². The largest absolute Gasteiger partial charge is 0.465 e. The van der Waals surface area contributed by atoms with Crippen molar-refractivity contribution in [3.05, 3.63) is 23.8 Å². The SMILES string of the molecule is COC(=O)c1ccc(N)cc1S(=O)(=O)NCC(O)C(F)F. The number of nitrogens with two attached hydrogens (primary N) is 1. The van der Waals surface area contributed by atoms with Crippen LogP contribution in [0.25, 0.3) is 0 Å². The lowest BCUT2D eigenvalue weighted by molar-refractivity contribution is -0.000456. The minimum Gasteiger partial charge on any atom is -0.465 e. The highest BCUT2D eigenvalue weighted by Crippen LogP contribution is 2.20. The molecular formula is C11H14F2N2O5S. The van der Waals surface area contributed by atoms with E-state index in [2.05, 4.69) is 4.74 Å². The van der Waals surface area contributed by atoms with Crippen molar-refractivity contribution >= 4 is 21.7 Å². The van der Waals surface area contributed by atoms with Gasteiger partial charge >= 0.3 is 5.97 Å². The first-order chi connectivity index (χ1) is 9.69. The number of sulfonamides is 1. The first kappa shape index (κ1) is 17.3. The van der Waals surface area contributed by atoms with Crippen molar-refractivity contribution in [3.8, 4) is 0 Å². The Morgan fingerprint density at radius 1 is 1.48 bits per heavy atom. The molecule has 4 N–H and O–H groups in total. The Balaban J connectivity index is 3.13. The highest BCUT2D eigenvalue weighted by Gasteiger charge is 2.26. The summed E-state index contributed by atoms with van der Waals surface area (Å²) >= 11 is 0. The predicted octanol–water partition coefficient (Wildman–Crippen LogP) is -0.0403. The quantitative estimate of drug-likeness (QED) is 0.499. The molecule has 7 nitrogen and oxygen atoms in total. The van der Waals surface area contributed by atoms with Crippen LogP contribution in [0, 0.1) is 0 Å². The second-order valence-electron chi connectivity index (χ2n) is 4.00. The number of anilines is 1. The maximum absolute atomic E-state index is 12.2. The van der Waals surface area contributed by atoms with E-state index in [1.54, 1.807) is 4.72 Å². The molecule has 0 radical (unpaired) electrons. The average molecular weight is 324 g/mol. The van der Waals surface area contributed by atoms with Crippen molar-refractivity contribution in [2.75, 3.05) is 19.4 Å². The molecule has 1 atom stereocenters. The number of carbonyl (C=O) groups is 1. The van der Waals surface area contributed by atoms with Gasteiger partial charge in [-0.2, -0.15) is 0 Å². The first-order valence-corrected chi connectivity index (χ1v) is 7.11. The van der Waals surface area contributed by atoms with Gasteiger partial charge in [0.2, 0.25) is 10.0 Å². The van der Waals surface area contributed by atoms with E-state index in [1.807, 2.05) is 0 Å². The molecule has 0 aliphatic carbocycles. The minimum atomic E-state index is -4.32. The van der Waals surface area contributed by atoms with E-state index in [0.717, 1.165) is 19.2 Å². The van der Waals surface area contributed by atoms with E-state index in [-0.39, 0.29) is 11.3 Å². The molecule has 0 aliphatic rings. The Hall–Kier alpha value is -1.78. The lowest BCUT2D eigenvalue weighted by Gasteiger charge is -2.13. The molecular weight excluding hydrogens is 310 g/mol. The van der Waals surface area contributed by atoms with Crippen LogP contribution < -0.4 is 10.5 Å². The number of halogens is 2. The Morgan fingerprint density at radius 2 is 2.10 bits per heavy atom. The van der Waals surface area contributed by atoms with Crippen LogP contribution in [-0.2, 0) is 14.8 Å². The zero-order valence-electron chi connectivity index (χ0n) is 10.9. The third-order valence-electron chi connectivity index (χ3n) is 2.47. The number of nitrogens with one attached hydrogen (secondary N) is 1. The summed E-state index contributed by atoms with van der Waals surface area (Å²) in [6.07, 6.45) is -5.27. The summed E-state index contributed by atoms with van der Waals surface area (Å²) in [4.78, 5) is 11.0. The van der Waals surface area contributed by atoms with Gasteiger partial charge in [-0.25, -0.2) is 26.7 Å². The fraction of sp³-hybridized carbons (Fsp3) is 0.364. The molecule has 0 amide bonds. The van der Waals surface area contributed by atoms with Crippen LogP contribution in [0.3, 0.4) is 0 Å². The van der Waals surface area contributed by atoms with Gasteiger partial charge in [0.25, 0.3) is 6.43 Å². The maximum atomic E-state index is 12.2. The number of nitrogen functional groups attached to an aromatic ring is 1. The van der Waals surface area contributed by atoms with Crippen LogP contribution in [0.1, 0.15) is 10.4 Å². The summed E-state index contributed by atoms with van der Waals surface area (Å²) in [5.74, 6) is -0.926. The lowest BCUT2D eigenvalue weighted by Crippen LogP contribution is -2.36.